The fraction of sp³-hybridized carbons (Fsp3) is 0.367. The van der Waals surface area contributed by atoms with E-state index in [9.17, 15) is 0 Å². The minimum atomic E-state index is 0.388. The first-order chi connectivity index (χ1) is 15.7. The van der Waals surface area contributed by atoms with Crippen molar-refractivity contribution in [1.82, 2.24) is 15.0 Å². The van der Waals surface area contributed by atoms with Gasteiger partial charge in [-0.2, -0.15) is 0 Å². The average molecular weight is 438 g/mol. The Balaban J connectivity index is 2.12. The van der Waals surface area contributed by atoms with E-state index in [-0.39, 0.29) is 0 Å². The molecule has 3 nitrogen and oxygen atoms in total. The molecule has 3 heteroatoms. The van der Waals surface area contributed by atoms with Crippen LogP contribution in [0.25, 0.3) is 33.5 Å². The van der Waals surface area contributed by atoms with Gasteiger partial charge >= 0.3 is 0 Å². The zero-order valence-electron chi connectivity index (χ0n) is 21.2. The Morgan fingerprint density at radius 3 is 1.76 bits per heavy atom. The van der Waals surface area contributed by atoms with Crippen LogP contribution in [0.1, 0.15) is 87.4 Å². The van der Waals surface area contributed by atoms with Gasteiger partial charge in [0.1, 0.15) is 0 Å². The van der Waals surface area contributed by atoms with Crippen molar-refractivity contribution < 1.29 is 0 Å². The fourth-order valence-corrected chi connectivity index (χ4v) is 4.59. The number of fused-ring (bicyclic) bond motifs is 1. The van der Waals surface area contributed by atoms with Gasteiger partial charge in [-0.3, -0.25) is 4.98 Å². The van der Waals surface area contributed by atoms with Crippen molar-refractivity contribution in [3.63, 3.8) is 0 Å². The molecule has 0 fully saturated rings. The summed E-state index contributed by atoms with van der Waals surface area (Å²) < 4.78 is 0. The zero-order valence-corrected chi connectivity index (χ0v) is 21.2. The molecule has 4 rings (SSSR count). The Morgan fingerprint density at radius 2 is 1.21 bits per heavy atom. The van der Waals surface area contributed by atoms with Crippen LogP contribution >= 0.6 is 0 Å². The Hall–Kier alpha value is -3.07. The molecule has 0 N–H and O–H groups in total. The Morgan fingerprint density at radius 1 is 0.636 bits per heavy atom. The third-order valence-electron chi connectivity index (χ3n) is 6.31. The molecular formula is C30H35N3. The van der Waals surface area contributed by atoms with E-state index in [1.807, 2.05) is 13.8 Å². The van der Waals surface area contributed by atoms with Gasteiger partial charge in [0.05, 0.1) is 11.2 Å². The summed E-state index contributed by atoms with van der Waals surface area (Å²) in [6, 6.07) is 17.3. The lowest BCUT2D eigenvalue weighted by molar-refractivity contribution is 0.806. The average Bonchev–Trinajstić information content (AvgIpc) is 2.76. The maximum absolute atomic E-state index is 5.25. The van der Waals surface area contributed by atoms with Gasteiger partial charge in [-0.15, -0.1) is 0 Å². The molecule has 0 aliphatic heterocycles. The van der Waals surface area contributed by atoms with Crippen LogP contribution in [0, 0.1) is 13.8 Å². The van der Waals surface area contributed by atoms with Crippen molar-refractivity contribution in [1.29, 1.82) is 0 Å². The third kappa shape index (κ3) is 4.55. The maximum atomic E-state index is 5.25. The molecule has 2 aromatic heterocycles. The van der Waals surface area contributed by atoms with E-state index in [0.717, 1.165) is 39.4 Å². The molecule has 2 heterocycles. The zero-order chi connectivity index (χ0) is 23.9. The lowest BCUT2D eigenvalue weighted by Crippen LogP contribution is -2.06. The van der Waals surface area contributed by atoms with Crippen LogP contribution in [-0.2, 0) is 0 Å². The minimum absolute atomic E-state index is 0.388. The quantitative estimate of drug-likeness (QED) is 0.315. The summed E-state index contributed by atoms with van der Waals surface area (Å²) in [4.78, 5) is 14.8. The predicted octanol–water partition coefficient (Wildman–Crippen LogP) is 8.35. The highest BCUT2D eigenvalue weighted by atomic mass is 14.9. The predicted molar refractivity (Wildman–Crippen MR) is 140 cm³/mol. The highest BCUT2D eigenvalue weighted by molar-refractivity contribution is 5.95. The molecule has 2 aromatic carbocycles. The number of aryl methyl sites for hydroxylation is 2. The van der Waals surface area contributed by atoms with E-state index in [0.29, 0.717) is 17.8 Å². The summed E-state index contributed by atoms with van der Waals surface area (Å²) in [6.45, 7) is 17.7. The van der Waals surface area contributed by atoms with Gasteiger partial charge < -0.3 is 0 Å². The summed E-state index contributed by atoms with van der Waals surface area (Å²) in [5.41, 5.74) is 10.4. The Bertz CT molecular complexity index is 1270. The van der Waals surface area contributed by atoms with Gasteiger partial charge in [0.2, 0.25) is 0 Å². The lowest BCUT2D eigenvalue weighted by Gasteiger charge is -2.23. The number of benzene rings is 2. The van der Waals surface area contributed by atoms with E-state index in [2.05, 4.69) is 95.1 Å². The second-order valence-electron chi connectivity index (χ2n) is 10.1. The van der Waals surface area contributed by atoms with E-state index in [1.165, 1.54) is 22.3 Å². The van der Waals surface area contributed by atoms with Gasteiger partial charge in [-0.25, -0.2) is 9.97 Å². The number of rotatable bonds is 5. The van der Waals surface area contributed by atoms with Crippen molar-refractivity contribution in [2.75, 3.05) is 0 Å². The number of nitrogens with zero attached hydrogens (tertiary/aromatic N) is 3. The van der Waals surface area contributed by atoms with Gasteiger partial charge in [0.15, 0.2) is 5.82 Å². The molecule has 0 aliphatic carbocycles. The molecule has 0 aliphatic rings. The lowest BCUT2D eigenvalue weighted by atomic mass is 9.82. The smallest absolute Gasteiger partial charge is 0.160 e. The number of para-hydroxylation sites is 1. The first-order valence-electron chi connectivity index (χ1n) is 12.1. The number of aromatic nitrogens is 3. The molecule has 33 heavy (non-hydrogen) atoms. The number of hydrogen-bond donors (Lipinski definition) is 0. The maximum Gasteiger partial charge on any atom is 0.160 e. The van der Waals surface area contributed by atoms with E-state index < -0.39 is 0 Å². The normalized spacial score (nSPS) is 11.8. The molecule has 4 aromatic rings. The molecule has 0 saturated carbocycles. The largest absolute Gasteiger partial charge is 0.258 e. The standard InChI is InChI=1S/C30H35N3/c1-17(2)22-15-25(18(3)4)28(26(16-22)19(5)6)29-24-11-9-10-12-27(24)32-30(33-29)23-13-20(7)31-21(8)14-23/h9-19H,1-8H3. The highest BCUT2D eigenvalue weighted by Gasteiger charge is 2.22. The van der Waals surface area contributed by atoms with Crippen molar-refractivity contribution in [3.05, 3.63) is 76.6 Å². The monoisotopic (exact) mass is 437 g/mol. The molecule has 0 spiro atoms. The van der Waals surface area contributed by atoms with E-state index in [4.69, 9.17) is 9.97 Å². The second kappa shape index (κ2) is 9.05. The minimum Gasteiger partial charge on any atom is -0.258 e. The molecular weight excluding hydrogens is 402 g/mol. The van der Waals surface area contributed by atoms with Crippen LogP contribution in [0.15, 0.2) is 48.5 Å². The topological polar surface area (TPSA) is 38.7 Å². The van der Waals surface area contributed by atoms with Gasteiger partial charge in [-0.05, 0) is 66.5 Å². The van der Waals surface area contributed by atoms with Crippen LogP contribution in [0.3, 0.4) is 0 Å². The Labute approximate surface area is 198 Å². The van der Waals surface area contributed by atoms with Gasteiger partial charge in [0.25, 0.3) is 0 Å². The molecule has 0 bridgehead atoms. The van der Waals surface area contributed by atoms with Crippen molar-refractivity contribution in [2.45, 2.75) is 73.1 Å². The van der Waals surface area contributed by atoms with E-state index >= 15 is 0 Å². The van der Waals surface area contributed by atoms with Crippen molar-refractivity contribution in [3.8, 4) is 22.6 Å². The van der Waals surface area contributed by atoms with Crippen LogP contribution in [0.2, 0.25) is 0 Å². The van der Waals surface area contributed by atoms with Gasteiger partial charge in [0, 0.05) is 27.9 Å². The summed E-state index contributed by atoms with van der Waals surface area (Å²) in [6.07, 6.45) is 0. The number of hydrogen-bond acceptors (Lipinski definition) is 3. The molecule has 0 radical (unpaired) electrons. The third-order valence-corrected chi connectivity index (χ3v) is 6.31. The van der Waals surface area contributed by atoms with Crippen LogP contribution in [0.5, 0.6) is 0 Å². The van der Waals surface area contributed by atoms with Crippen LogP contribution < -0.4 is 0 Å². The van der Waals surface area contributed by atoms with E-state index in [1.54, 1.807) is 0 Å². The summed E-state index contributed by atoms with van der Waals surface area (Å²) in [5, 5.41) is 1.10. The second-order valence-corrected chi connectivity index (χ2v) is 10.1. The van der Waals surface area contributed by atoms with Crippen molar-refractivity contribution >= 4 is 10.9 Å². The molecule has 0 saturated heterocycles. The van der Waals surface area contributed by atoms with Crippen LogP contribution in [0.4, 0.5) is 0 Å². The first-order valence-corrected chi connectivity index (χ1v) is 12.1. The van der Waals surface area contributed by atoms with Crippen molar-refractivity contribution in [2.24, 2.45) is 0 Å². The molecule has 170 valence electrons. The SMILES string of the molecule is Cc1cc(-c2nc(-c3c(C(C)C)cc(C(C)C)cc3C(C)C)c3ccccc3n2)cc(C)n1. The summed E-state index contributed by atoms with van der Waals surface area (Å²) in [5.74, 6) is 2.02. The summed E-state index contributed by atoms with van der Waals surface area (Å²) >= 11 is 0. The highest BCUT2D eigenvalue weighted by Crippen LogP contribution is 2.41. The molecule has 0 unspecified atom stereocenters. The van der Waals surface area contributed by atoms with Crippen LogP contribution in [-0.4, -0.2) is 15.0 Å². The number of pyridine rings is 1. The van der Waals surface area contributed by atoms with Gasteiger partial charge in [-0.1, -0.05) is 71.9 Å². The molecule has 0 amide bonds. The molecule has 0 atom stereocenters. The Kier molecular flexibility index (Phi) is 6.34. The summed E-state index contributed by atoms with van der Waals surface area (Å²) in [7, 11) is 0. The fourth-order valence-electron chi connectivity index (χ4n) is 4.59. The first kappa shape index (κ1) is 23.1.